The lowest BCUT2D eigenvalue weighted by Crippen LogP contribution is -2.41. The molecule has 11 nitrogen and oxygen atoms in total. The van der Waals surface area contributed by atoms with Gasteiger partial charge in [0, 0.05) is 17.5 Å². The van der Waals surface area contributed by atoms with Crippen LogP contribution in [-0.4, -0.2) is 68.7 Å². The molecule has 1 atom stereocenters. The van der Waals surface area contributed by atoms with E-state index in [4.69, 9.17) is 4.74 Å². The summed E-state index contributed by atoms with van der Waals surface area (Å²) in [6.07, 6.45) is -0.473. The third-order valence-corrected chi connectivity index (χ3v) is 10.7. The maximum Gasteiger partial charge on any atom is 0.326 e. The van der Waals surface area contributed by atoms with Crippen LogP contribution in [0.5, 0.6) is 0 Å². The van der Waals surface area contributed by atoms with Crippen LogP contribution in [0.15, 0.2) is 82.6 Å². The highest BCUT2D eigenvalue weighted by atomic mass is 32.2. The van der Waals surface area contributed by atoms with Crippen molar-refractivity contribution >= 4 is 43.3 Å². The minimum absolute atomic E-state index is 0.0128. The Bertz CT molecular complexity index is 1750. The summed E-state index contributed by atoms with van der Waals surface area (Å²) >= 11 is 0. The number of esters is 1. The third-order valence-electron chi connectivity index (χ3n) is 7.06. The van der Waals surface area contributed by atoms with E-state index >= 15 is 0 Å². The molecule has 0 unspecified atom stereocenters. The van der Waals surface area contributed by atoms with E-state index in [0.717, 1.165) is 11.1 Å². The van der Waals surface area contributed by atoms with E-state index in [2.05, 4.69) is 5.32 Å². The summed E-state index contributed by atoms with van der Waals surface area (Å²) in [6, 6.07) is 15.6. The fourth-order valence-corrected chi connectivity index (χ4v) is 7.82. The molecule has 252 valence electrons. The topological polar surface area (TPSA) is 178 Å². The Morgan fingerprint density at radius 2 is 1.15 bits per heavy atom. The van der Waals surface area contributed by atoms with Crippen molar-refractivity contribution in [2.75, 3.05) is 11.5 Å². The quantitative estimate of drug-likeness (QED) is 0.183. The highest BCUT2D eigenvalue weighted by Crippen LogP contribution is 2.23. The lowest BCUT2D eigenvalue weighted by Gasteiger charge is -2.20. The van der Waals surface area contributed by atoms with Crippen LogP contribution >= 0.6 is 0 Å². The van der Waals surface area contributed by atoms with Gasteiger partial charge in [0.2, 0.25) is 0 Å². The van der Waals surface area contributed by atoms with Crippen LogP contribution in [-0.2, 0) is 34.0 Å². The zero-order valence-corrected chi connectivity index (χ0v) is 28.5. The molecular formula is C34H39NO10S2. The number of amides is 1. The van der Waals surface area contributed by atoms with Gasteiger partial charge in [-0.1, -0.05) is 47.5 Å². The SMILES string of the molecule is Cc1ccc(S(=O)(=O)CC(CS(=O)(=O)c2ccc(C)cc2)C(=O)c2ccc(C(=O)N[C@@H](CCC(=O)OC(C)(C)C)C(=O)O)cc2)cc1. The number of Topliss-reactive ketones (excluding diaryl/α,β-unsaturated/α-hetero) is 1. The molecule has 3 aromatic rings. The fourth-order valence-electron chi connectivity index (χ4n) is 4.59. The number of carboxylic acids is 1. The molecule has 0 saturated heterocycles. The number of carbonyl (C=O) groups excluding carboxylic acids is 3. The monoisotopic (exact) mass is 685 g/mol. The number of hydrogen-bond acceptors (Lipinski definition) is 9. The number of ether oxygens (including phenoxy) is 1. The Balaban J connectivity index is 1.84. The van der Waals surface area contributed by atoms with Crippen LogP contribution in [0.4, 0.5) is 0 Å². The average molecular weight is 686 g/mol. The molecular weight excluding hydrogens is 647 g/mol. The maximum absolute atomic E-state index is 13.7. The van der Waals surface area contributed by atoms with E-state index in [9.17, 15) is 41.1 Å². The van der Waals surface area contributed by atoms with Crippen LogP contribution < -0.4 is 5.32 Å². The first kappa shape index (κ1) is 37.1. The molecule has 3 rings (SSSR count). The summed E-state index contributed by atoms with van der Waals surface area (Å²) < 4.78 is 58.6. The summed E-state index contributed by atoms with van der Waals surface area (Å²) in [5.41, 5.74) is 0.832. The molecule has 0 aliphatic heterocycles. The van der Waals surface area contributed by atoms with Gasteiger partial charge in [-0.3, -0.25) is 14.4 Å². The number of nitrogens with one attached hydrogen (secondary N) is 1. The second-order valence-corrected chi connectivity index (χ2v) is 16.4. The zero-order chi connectivity index (χ0) is 35.2. The van der Waals surface area contributed by atoms with Crippen LogP contribution in [0.3, 0.4) is 0 Å². The molecule has 2 N–H and O–H groups in total. The molecule has 13 heteroatoms. The predicted molar refractivity (Wildman–Crippen MR) is 175 cm³/mol. The fraction of sp³-hybridized carbons (Fsp3) is 0.353. The van der Waals surface area contributed by atoms with Crippen molar-refractivity contribution in [3.8, 4) is 0 Å². The van der Waals surface area contributed by atoms with Gasteiger partial charge in [0.1, 0.15) is 11.6 Å². The zero-order valence-electron chi connectivity index (χ0n) is 26.8. The molecule has 0 bridgehead atoms. The first-order valence-electron chi connectivity index (χ1n) is 14.8. The number of carboxylic acid groups (broad SMARTS) is 1. The number of carbonyl (C=O) groups is 4. The number of ketones is 1. The number of benzene rings is 3. The molecule has 0 spiro atoms. The molecule has 1 amide bonds. The molecule has 3 aromatic carbocycles. The second-order valence-electron chi connectivity index (χ2n) is 12.3. The van der Waals surface area contributed by atoms with E-state index in [1.54, 1.807) is 58.9 Å². The van der Waals surface area contributed by atoms with Crippen molar-refractivity contribution in [2.45, 2.75) is 68.9 Å². The van der Waals surface area contributed by atoms with Gasteiger partial charge in [-0.2, -0.15) is 0 Å². The van der Waals surface area contributed by atoms with Gasteiger partial charge < -0.3 is 15.2 Å². The summed E-state index contributed by atoms with van der Waals surface area (Å²) in [5, 5.41) is 11.9. The van der Waals surface area contributed by atoms with E-state index in [0.29, 0.717) is 0 Å². The highest BCUT2D eigenvalue weighted by Gasteiger charge is 2.33. The highest BCUT2D eigenvalue weighted by molar-refractivity contribution is 7.92. The number of sulfone groups is 2. The average Bonchev–Trinajstić information content (AvgIpc) is 2.97. The van der Waals surface area contributed by atoms with Gasteiger partial charge in [0.25, 0.3) is 5.91 Å². The minimum Gasteiger partial charge on any atom is -0.480 e. The van der Waals surface area contributed by atoms with Crippen molar-refractivity contribution in [2.24, 2.45) is 5.92 Å². The third kappa shape index (κ3) is 10.9. The molecule has 0 radical (unpaired) electrons. The van der Waals surface area contributed by atoms with Gasteiger partial charge in [-0.05, 0) is 77.4 Å². The van der Waals surface area contributed by atoms with E-state index < -0.39 is 72.4 Å². The number of aliphatic carboxylic acids is 1. The Morgan fingerprint density at radius 3 is 1.55 bits per heavy atom. The minimum atomic E-state index is -4.09. The first-order valence-corrected chi connectivity index (χ1v) is 18.1. The Labute approximate surface area is 275 Å². The van der Waals surface area contributed by atoms with Crippen LogP contribution in [0.2, 0.25) is 0 Å². The Hall–Kier alpha value is -4.36. The maximum atomic E-state index is 13.7. The lowest BCUT2D eigenvalue weighted by atomic mass is 9.99. The Kier molecular flexibility index (Phi) is 11.9. The molecule has 0 aromatic heterocycles. The van der Waals surface area contributed by atoms with Crippen molar-refractivity contribution < 1.29 is 45.9 Å². The summed E-state index contributed by atoms with van der Waals surface area (Å²) in [4.78, 5) is 50.2. The Morgan fingerprint density at radius 1 is 0.723 bits per heavy atom. The summed E-state index contributed by atoms with van der Waals surface area (Å²) in [7, 11) is -8.19. The number of aryl methyl sites for hydroxylation is 2. The van der Waals surface area contributed by atoms with E-state index in [-0.39, 0.29) is 33.8 Å². The molecule has 0 fully saturated rings. The smallest absolute Gasteiger partial charge is 0.326 e. The largest absolute Gasteiger partial charge is 0.480 e. The van der Waals surface area contributed by atoms with Crippen molar-refractivity contribution in [1.82, 2.24) is 5.32 Å². The van der Waals surface area contributed by atoms with Crippen LogP contribution in [0, 0.1) is 19.8 Å². The van der Waals surface area contributed by atoms with Gasteiger partial charge in [-0.25, -0.2) is 21.6 Å². The molecule has 0 aliphatic carbocycles. The second kappa shape index (κ2) is 15.0. The molecule has 0 aliphatic rings. The van der Waals surface area contributed by atoms with Gasteiger partial charge in [-0.15, -0.1) is 0 Å². The lowest BCUT2D eigenvalue weighted by molar-refractivity contribution is -0.155. The number of rotatable bonds is 14. The summed E-state index contributed by atoms with van der Waals surface area (Å²) in [6.45, 7) is 8.58. The summed E-state index contributed by atoms with van der Waals surface area (Å²) in [5.74, 6) is -6.58. The standard InChI is InChI=1S/C34H39NO10S2/c1-22-6-14-27(15-7-22)46(41,42)20-26(21-47(43,44)28-16-8-23(2)9-17-28)31(37)24-10-12-25(13-11-24)32(38)35-29(33(39)40)18-19-30(36)45-34(3,4)5/h6-17,26,29H,18-21H2,1-5H3,(H,35,38)(H,39,40)/t29-/m0/s1. The van der Waals surface area contributed by atoms with E-state index in [1.165, 1.54) is 48.5 Å². The van der Waals surface area contributed by atoms with E-state index in [1.807, 2.05) is 0 Å². The normalized spacial score (nSPS) is 12.7. The van der Waals surface area contributed by atoms with Crippen LogP contribution in [0.25, 0.3) is 0 Å². The first-order chi connectivity index (χ1) is 21.8. The van der Waals surface area contributed by atoms with Gasteiger partial charge >= 0.3 is 11.9 Å². The molecule has 47 heavy (non-hydrogen) atoms. The van der Waals surface area contributed by atoms with Crippen molar-refractivity contribution in [3.63, 3.8) is 0 Å². The number of hydrogen-bond donors (Lipinski definition) is 2. The molecule has 0 heterocycles. The van der Waals surface area contributed by atoms with Gasteiger partial charge in [0.15, 0.2) is 25.5 Å². The van der Waals surface area contributed by atoms with Gasteiger partial charge in [0.05, 0.1) is 27.2 Å². The molecule has 0 saturated carbocycles. The van der Waals surface area contributed by atoms with Crippen LogP contribution in [0.1, 0.15) is 65.5 Å². The predicted octanol–water partition coefficient (Wildman–Crippen LogP) is 4.36. The van der Waals surface area contributed by atoms with Crippen molar-refractivity contribution in [1.29, 1.82) is 0 Å². The van der Waals surface area contributed by atoms with Crippen molar-refractivity contribution in [3.05, 3.63) is 95.1 Å².